The molecule has 0 rings (SSSR count). The molecule has 3 N–H and O–H groups in total. The molecule has 0 unspecified atom stereocenters. The quantitative estimate of drug-likeness (QED) is 0.421. The molecule has 0 bridgehead atoms. The number of amides is 1. The first-order valence-corrected chi connectivity index (χ1v) is 4.72. The number of hydrogen-bond donors (Lipinski definition) is 2. The number of hydrogen-bond acceptors (Lipinski definition) is 4. The maximum atomic E-state index is 10.7. The molecular formula is C9H18N2O3. The highest BCUT2D eigenvalue weighted by molar-refractivity contribution is 5.73. The number of nitrogens with two attached hydrogens (primary N) is 1. The van der Waals surface area contributed by atoms with Gasteiger partial charge in [0.05, 0.1) is 13.5 Å². The number of carbonyl (C=O) groups excluding carboxylic acids is 2. The van der Waals surface area contributed by atoms with Crippen molar-refractivity contribution in [2.45, 2.75) is 25.7 Å². The lowest BCUT2D eigenvalue weighted by Gasteiger charge is -2.02. The smallest absolute Gasteiger partial charge is 0.306 e. The number of nitrogens with one attached hydrogen (secondary N) is 1. The minimum absolute atomic E-state index is 0.213. The predicted molar refractivity (Wildman–Crippen MR) is 52.5 cm³/mol. The third kappa shape index (κ3) is 8.99. The molecule has 0 heterocycles. The van der Waals surface area contributed by atoms with Crippen molar-refractivity contribution in [1.82, 2.24) is 5.32 Å². The Bertz CT molecular complexity index is 183. The van der Waals surface area contributed by atoms with Gasteiger partial charge in [0, 0.05) is 13.0 Å². The van der Waals surface area contributed by atoms with E-state index >= 15 is 0 Å². The van der Waals surface area contributed by atoms with Crippen molar-refractivity contribution >= 4 is 11.9 Å². The topological polar surface area (TPSA) is 81.4 Å². The lowest BCUT2D eigenvalue weighted by Crippen LogP contribution is -2.20. The molecule has 14 heavy (non-hydrogen) atoms. The molecule has 0 spiro atoms. The highest BCUT2D eigenvalue weighted by Gasteiger charge is 1.98. The molecule has 0 aromatic heterocycles. The van der Waals surface area contributed by atoms with Gasteiger partial charge in [-0.3, -0.25) is 9.59 Å². The summed E-state index contributed by atoms with van der Waals surface area (Å²) in [5.41, 5.74) is 4.97. The van der Waals surface area contributed by atoms with Crippen molar-refractivity contribution in [3.8, 4) is 0 Å². The third-order valence-corrected chi connectivity index (χ3v) is 1.76. The molecule has 0 aliphatic carbocycles. The lowest BCUT2D eigenvalue weighted by atomic mass is 10.2. The average Bonchev–Trinajstić information content (AvgIpc) is 2.15. The number of carbonyl (C=O) groups is 2. The maximum Gasteiger partial charge on any atom is 0.306 e. The molecule has 1 amide bonds. The second-order valence-corrected chi connectivity index (χ2v) is 3.00. The van der Waals surface area contributed by atoms with E-state index in [0.29, 0.717) is 19.4 Å². The zero-order chi connectivity index (χ0) is 10.8. The number of methoxy groups -OCH3 is 1. The van der Waals surface area contributed by atoms with Crippen LogP contribution in [0.4, 0.5) is 0 Å². The van der Waals surface area contributed by atoms with E-state index in [2.05, 4.69) is 10.1 Å². The lowest BCUT2D eigenvalue weighted by molar-refractivity contribution is -0.140. The van der Waals surface area contributed by atoms with Gasteiger partial charge >= 0.3 is 5.97 Å². The summed E-state index contributed by atoms with van der Waals surface area (Å²) < 4.78 is 4.47. The minimum Gasteiger partial charge on any atom is -0.469 e. The van der Waals surface area contributed by atoms with Crippen molar-refractivity contribution in [2.24, 2.45) is 5.73 Å². The zero-order valence-corrected chi connectivity index (χ0v) is 8.54. The summed E-state index contributed by atoms with van der Waals surface area (Å²) in [5.74, 6) is -0.478. The van der Waals surface area contributed by atoms with Crippen LogP contribution in [0, 0.1) is 0 Å². The molecule has 0 radical (unpaired) electrons. The van der Waals surface area contributed by atoms with E-state index in [4.69, 9.17) is 5.73 Å². The summed E-state index contributed by atoms with van der Waals surface area (Å²) in [5, 5.41) is 3.07. The fourth-order valence-electron chi connectivity index (χ4n) is 0.967. The van der Waals surface area contributed by atoms with Crippen LogP contribution in [0.2, 0.25) is 0 Å². The van der Waals surface area contributed by atoms with Gasteiger partial charge in [0.25, 0.3) is 0 Å². The third-order valence-electron chi connectivity index (χ3n) is 1.76. The van der Waals surface area contributed by atoms with Crippen molar-refractivity contribution in [2.75, 3.05) is 20.2 Å². The Hall–Kier alpha value is -1.10. The summed E-state index contributed by atoms with van der Waals surface area (Å²) in [6.45, 7) is 1.41. The Balaban J connectivity index is 3.06. The van der Waals surface area contributed by atoms with Gasteiger partial charge < -0.3 is 15.8 Å². The summed E-state index contributed by atoms with van der Waals surface area (Å²) in [4.78, 5) is 21.0. The first-order chi connectivity index (χ1) is 6.66. The van der Waals surface area contributed by atoms with Gasteiger partial charge in [-0.15, -0.1) is 0 Å². The summed E-state index contributed by atoms with van der Waals surface area (Å²) in [6, 6.07) is 0. The number of rotatable bonds is 8. The van der Waals surface area contributed by atoms with Crippen LogP contribution in [0.25, 0.3) is 0 Å². The van der Waals surface area contributed by atoms with E-state index in [-0.39, 0.29) is 11.9 Å². The van der Waals surface area contributed by atoms with Crippen molar-refractivity contribution < 1.29 is 14.3 Å². The van der Waals surface area contributed by atoms with Gasteiger partial charge in [-0.2, -0.15) is 0 Å². The first-order valence-electron chi connectivity index (χ1n) is 4.72. The van der Waals surface area contributed by atoms with Crippen molar-refractivity contribution in [3.05, 3.63) is 0 Å². The van der Waals surface area contributed by atoms with E-state index in [9.17, 15) is 9.59 Å². The predicted octanol–water partition coefficient (Wildman–Crippen LogP) is -0.205. The molecule has 5 nitrogen and oxygen atoms in total. The van der Waals surface area contributed by atoms with E-state index < -0.39 is 0 Å². The zero-order valence-electron chi connectivity index (χ0n) is 8.54. The fourth-order valence-corrected chi connectivity index (χ4v) is 0.967. The molecule has 0 saturated carbocycles. The van der Waals surface area contributed by atoms with E-state index in [1.165, 1.54) is 7.11 Å². The molecule has 5 heteroatoms. The van der Waals surface area contributed by atoms with Gasteiger partial charge in [-0.1, -0.05) is 0 Å². The number of ether oxygens (including phenoxy) is 1. The Morgan fingerprint density at radius 2 is 1.93 bits per heavy atom. The average molecular weight is 202 g/mol. The van der Waals surface area contributed by atoms with Gasteiger partial charge in [-0.05, 0) is 19.4 Å². The van der Waals surface area contributed by atoms with Crippen LogP contribution >= 0.6 is 0 Å². The van der Waals surface area contributed by atoms with E-state index in [0.717, 1.165) is 19.4 Å². The highest BCUT2D eigenvalue weighted by Crippen LogP contribution is 1.92. The van der Waals surface area contributed by atoms with Crippen LogP contribution in [-0.4, -0.2) is 32.1 Å². The fraction of sp³-hybridized carbons (Fsp3) is 0.778. The molecule has 0 fully saturated rings. The molecule has 0 aliphatic rings. The second kappa shape index (κ2) is 8.50. The monoisotopic (exact) mass is 202 g/mol. The molecule has 0 atom stereocenters. The first kappa shape index (κ1) is 12.9. The largest absolute Gasteiger partial charge is 0.469 e. The van der Waals surface area contributed by atoms with E-state index in [1.54, 1.807) is 0 Å². The Morgan fingerprint density at radius 1 is 1.21 bits per heavy atom. The summed E-state index contributed by atoms with van der Waals surface area (Å²) in [7, 11) is 1.37. The van der Waals surface area contributed by atoms with Crippen LogP contribution in [-0.2, 0) is 14.3 Å². The Morgan fingerprint density at radius 3 is 2.50 bits per heavy atom. The van der Waals surface area contributed by atoms with Gasteiger partial charge in [0.15, 0.2) is 0 Å². The molecule has 82 valence electrons. The van der Waals surface area contributed by atoms with Crippen LogP contribution in [0.5, 0.6) is 0 Å². The molecule has 0 saturated heterocycles. The number of unbranched alkanes of at least 4 members (excludes halogenated alkanes) is 1. The van der Waals surface area contributed by atoms with Crippen LogP contribution < -0.4 is 11.1 Å². The standard InChI is InChI=1S/C9H18N2O3/c1-14-9(13)5-7-11-6-3-2-4-8(10)12/h11H,2-7H2,1H3,(H2,10,12). The summed E-state index contributed by atoms with van der Waals surface area (Å²) in [6.07, 6.45) is 2.50. The minimum atomic E-state index is -0.264. The Kier molecular flexibility index (Phi) is 7.83. The second-order valence-electron chi connectivity index (χ2n) is 3.00. The van der Waals surface area contributed by atoms with Crippen LogP contribution in [0.1, 0.15) is 25.7 Å². The number of esters is 1. The van der Waals surface area contributed by atoms with E-state index in [1.807, 2.05) is 0 Å². The van der Waals surface area contributed by atoms with Crippen molar-refractivity contribution in [1.29, 1.82) is 0 Å². The molecular weight excluding hydrogens is 184 g/mol. The van der Waals surface area contributed by atoms with Gasteiger partial charge in [0.1, 0.15) is 0 Å². The molecule has 0 aromatic carbocycles. The Labute approximate surface area is 84.0 Å². The highest BCUT2D eigenvalue weighted by atomic mass is 16.5. The van der Waals surface area contributed by atoms with Crippen LogP contribution in [0.3, 0.4) is 0 Å². The molecule has 0 aromatic rings. The SMILES string of the molecule is COC(=O)CCNCCCCC(N)=O. The number of primary amides is 1. The van der Waals surface area contributed by atoms with Crippen LogP contribution in [0.15, 0.2) is 0 Å². The van der Waals surface area contributed by atoms with Gasteiger partial charge in [-0.25, -0.2) is 0 Å². The summed E-state index contributed by atoms with van der Waals surface area (Å²) >= 11 is 0. The van der Waals surface area contributed by atoms with Gasteiger partial charge in [0.2, 0.25) is 5.91 Å². The normalized spacial score (nSPS) is 9.79. The van der Waals surface area contributed by atoms with Crippen molar-refractivity contribution in [3.63, 3.8) is 0 Å². The molecule has 0 aliphatic heterocycles. The maximum absolute atomic E-state index is 10.7.